The van der Waals surface area contributed by atoms with E-state index in [0.29, 0.717) is 6.42 Å². The normalized spacial score (nSPS) is 42.8. The van der Waals surface area contributed by atoms with Gasteiger partial charge in [0.1, 0.15) is 54.9 Å². The number of unbranched alkanes of at least 4 members (excludes halogenated alkanes) is 3. The van der Waals surface area contributed by atoms with Crippen LogP contribution in [0.2, 0.25) is 0 Å². The second-order valence-electron chi connectivity index (χ2n) is 11.3. The molecule has 0 aliphatic carbocycles. The standard InChI is InChI=1S/C18H35N3O13.C8H16O2S/c19-7-12(27)14(5(2-23)30-16(7)29)33-18-9(21)13(28)15(6(3-24)32-18)34-17-8(20)11(26)10(25)4(1-22)31-17;1-2-3-4-5-6-7(11)8(9)10/h4-18,22-29H,1-3,19-21H2;7,11H,2-6H2,1H3,(H,9,10)/t4-,5-,6-,7-,8-,9-,10-,11-,12-,13-,14?,15?,16-,17+,18+;/m1./s1. The average molecular weight is 678 g/mol. The SMILES string of the molecule is CCCCCCC(S)C(=O)O.N[C@H]1[C@H](OC2[C@@H](CO)O[C@@H](OC3[C@@H](CO)O[C@@H](O)[C@H](N)[C@H]3O)[C@H](N)[C@H]2O)O[C@H](CO)[C@@H](O)[C@@H]1O. The fraction of sp³-hybridized carbons (Fsp3) is 0.962. The van der Waals surface area contributed by atoms with E-state index in [2.05, 4.69) is 19.6 Å². The number of hydrogen-bond acceptors (Lipinski definition) is 18. The van der Waals surface area contributed by atoms with E-state index in [0.717, 1.165) is 12.8 Å². The van der Waals surface area contributed by atoms with Crippen LogP contribution in [-0.2, 0) is 28.5 Å². The molecule has 3 aliphatic heterocycles. The van der Waals surface area contributed by atoms with Crippen molar-refractivity contribution < 1.29 is 74.4 Å². The summed E-state index contributed by atoms with van der Waals surface area (Å²) in [5.74, 6) is -0.801. The van der Waals surface area contributed by atoms with Crippen molar-refractivity contribution >= 4 is 18.6 Å². The van der Waals surface area contributed by atoms with Crippen molar-refractivity contribution in [3.63, 3.8) is 0 Å². The zero-order valence-electron chi connectivity index (χ0n) is 25.0. The third kappa shape index (κ3) is 10.6. The Morgan fingerprint density at radius 2 is 1.18 bits per heavy atom. The van der Waals surface area contributed by atoms with Crippen molar-refractivity contribution in [2.75, 3.05) is 19.8 Å². The molecule has 266 valence electrons. The molecule has 16 atom stereocenters. The van der Waals surface area contributed by atoms with Crippen LogP contribution in [0.15, 0.2) is 0 Å². The van der Waals surface area contributed by atoms with Gasteiger partial charge in [0.2, 0.25) is 0 Å². The van der Waals surface area contributed by atoms with Crippen molar-refractivity contribution in [3.05, 3.63) is 0 Å². The minimum absolute atomic E-state index is 0.466. The fourth-order valence-electron chi connectivity index (χ4n) is 5.07. The molecule has 0 aromatic heterocycles. The number of aliphatic carboxylic acids is 1. The molecule has 15 N–H and O–H groups in total. The minimum Gasteiger partial charge on any atom is -0.480 e. The number of carboxylic acids is 1. The molecular formula is C26H51N3O15S. The Labute approximate surface area is 266 Å². The van der Waals surface area contributed by atoms with Gasteiger partial charge in [-0.2, -0.15) is 12.6 Å². The molecule has 3 fully saturated rings. The summed E-state index contributed by atoms with van der Waals surface area (Å²) in [4.78, 5) is 10.3. The number of carboxylic acid groups (broad SMARTS) is 1. The van der Waals surface area contributed by atoms with Gasteiger partial charge >= 0.3 is 5.97 Å². The molecule has 0 bridgehead atoms. The zero-order valence-corrected chi connectivity index (χ0v) is 25.9. The van der Waals surface area contributed by atoms with E-state index < -0.39 is 123 Å². The first-order chi connectivity index (χ1) is 21.2. The number of hydrogen-bond donors (Lipinski definition) is 13. The van der Waals surface area contributed by atoms with Gasteiger partial charge in [0.05, 0.1) is 43.2 Å². The van der Waals surface area contributed by atoms with Gasteiger partial charge in [-0.1, -0.05) is 32.6 Å². The monoisotopic (exact) mass is 677 g/mol. The Morgan fingerprint density at radius 1 is 0.711 bits per heavy atom. The van der Waals surface area contributed by atoms with Crippen LogP contribution in [0, 0.1) is 0 Å². The largest absolute Gasteiger partial charge is 0.480 e. The van der Waals surface area contributed by atoms with E-state index in [1.54, 1.807) is 0 Å². The van der Waals surface area contributed by atoms with E-state index in [4.69, 9.17) is 46.0 Å². The topological polar surface area (TPSA) is 323 Å². The highest BCUT2D eigenvalue weighted by atomic mass is 32.1. The predicted molar refractivity (Wildman–Crippen MR) is 156 cm³/mol. The molecule has 3 saturated heterocycles. The lowest BCUT2D eigenvalue weighted by Gasteiger charge is -2.48. The molecule has 3 unspecified atom stereocenters. The van der Waals surface area contributed by atoms with Crippen LogP contribution in [0.4, 0.5) is 0 Å². The van der Waals surface area contributed by atoms with Crippen LogP contribution >= 0.6 is 12.6 Å². The molecule has 0 spiro atoms. The lowest BCUT2D eigenvalue weighted by molar-refractivity contribution is -0.348. The number of thiol groups is 1. The number of ether oxygens (including phenoxy) is 5. The van der Waals surface area contributed by atoms with Gasteiger partial charge in [0.15, 0.2) is 18.9 Å². The maximum Gasteiger partial charge on any atom is 0.316 e. The number of nitrogens with two attached hydrogens (primary N) is 3. The summed E-state index contributed by atoms with van der Waals surface area (Å²) in [6.45, 7) is 0.135. The summed E-state index contributed by atoms with van der Waals surface area (Å²) in [5, 5.41) is 87.6. The highest BCUT2D eigenvalue weighted by molar-refractivity contribution is 7.81. The third-order valence-corrected chi connectivity index (χ3v) is 8.43. The molecule has 45 heavy (non-hydrogen) atoms. The Balaban J connectivity index is 0.000000547. The quantitative estimate of drug-likeness (QED) is 0.0639. The summed E-state index contributed by atoms with van der Waals surface area (Å²) in [6, 6.07) is -3.87. The summed E-state index contributed by atoms with van der Waals surface area (Å²) >= 11 is 3.93. The van der Waals surface area contributed by atoms with Crippen molar-refractivity contribution in [2.45, 2.75) is 136 Å². The summed E-state index contributed by atoms with van der Waals surface area (Å²) in [5.41, 5.74) is 17.6. The van der Waals surface area contributed by atoms with Crippen molar-refractivity contribution in [2.24, 2.45) is 17.2 Å². The maximum atomic E-state index is 10.8. The Hall–Kier alpha value is -0.820. The van der Waals surface area contributed by atoms with Gasteiger partial charge < -0.3 is 86.8 Å². The number of carbonyl (C=O) groups is 1. The minimum atomic E-state index is -1.56. The molecule has 0 aromatic rings. The Kier molecular flexibility index (Phi) is 17.3. The smallest absolute Gasteiger partial charge is 0.316 e. The molecule has 18 nitrogen and oxygen atoms in total. The molecule has 19 heteroatoms. The molecule has 0 radical (unpaired) electrons. The van der Waals surface area contributed by atoms with Crippen LogP contribution in [0.3, 0.4) is 0 Å². The molecule has 0 amide bonds. The first-order valence-corrected chi connectivity index (χ1v) is 15.4. The zero-order chi connectivity index (χ0) is 34.0. The van der Waals surface area contributed by atoms with Gasteiger partial charge in [-0.05, 0) is 6.42 Å². The fourth-order valence-corrected chi connectivity index (χ4v) is 5.25. The van der Waals surface area contributed by atoms with Crippen molar-refractivity contribution in [3.8, 4) is 0 Å². The lowest BCUT2D eigenvalue weighted by atomic mass is 9.94. The lowest BCUT2D eigenvalue weighted by Crippen LogP contribution is -2.69. The van der Waals surface area contributed by atoms with Gasteiger partial charge in [-0.3, -0.25) is 4.79 Å². The first kappa shape index (κ1) is 40.4. The Morgan fingerprint density at radius 3 is 1.67 bits per heavy atom. The van der Waals surface area contributed by atoms with Crippen LogP contribution in [0.1, 0.15) is 39.0 Å². The van der Waals surface area contributed by atoms with Crippen molar-refractivity contribution in [1.82, 2.24) is 0 Å². The summed E-state index contributed by atoms with van der Waals surface area (Å²) in [6.07, 6.45) is -11.6. The molecule has 0 saturated carbocycles. The summed E-state index contributed by atoms with van der Waals surface area (Å²) < 4.78 is 27.4. The maximum absolute atomic E-state index is 10.8. The van der Waals surface area contributed by atoms with Crippen LogP contribution in [0.5, 0.6) is 0 Å². The molecule has 3 heterocycles. The van der Waals surface area contributed by atoms with E-state index in [1.165, 1.54) is 12.8 Å². The third-order valence-electron chi connectivity index (χ3n) is 7.95. The van der Waals surface area contributed by atoms with E-state index in [-0.39, 0.29) is 0 Å². The van der Waals surface area contributed by atoms with E-state index >= 15 is 0 Å². The van der Waals surface area contributed by atoms with Gasteiger partial charge in [-0.25, -0.2) is 0 Å². The van der Waals surface area contributed by atoms with Gasteiger partial charge in [0.25, 0.3) is 0 Å². The molecule has 3 aliphatic rings. The first-order valence-electron chi connectivity index (χ1n) is 14.9. The average Bonchev–Trinajstić information content (AvgIpc) is 3.02. The predicted octanol–water partition coefficient (Wildman–Crippen LogP) is -5.33. The van der Waals surface area contributed by atoms with E-state index in [1.807, 2.05) is 0 Å². The van der Waals surface area contributed by atoms with Gasteiger partial charge in [0, 0.05) is 0 Å². The number of rotatable bonds is 13. The highest BCUT2D eigenvalue weighted by Gasteiger charge is 2.52. The Bertz CT molecular complexity index is 864. The molecular weight excluding hydrogens is 626 g/mol. The van der Waals surface area contributed by atoms with Gasteiger partial charge in [-0.15, -0.1) is 0 Å². The van der Waals surface area contributed by atoms with Crippen LogP contribution in [-0.4, -0.2) is 169 Å². The molecule has 0 aromatic carbocycles. The van der Waals surface area contributed by atoms with E-state index in [9.17, 15) is 45.6 Å². The molecule has 3 rings (SSSR count). The van der Waals surface area contributed by atoms with Crippen LogP contribution in [0.25, 0.3) is 0 Å². The van der Waals surface area contributed by atoms with Crippen LogP contribution < -0.4 is 17.2 Å². The van der Waals surface area contributed by atoms with Crippen molar-refractivity contribution in [1.29, 1.82) is 0 Å². The number of aliphatic hydroxyl groups excluding tert-OH is 8. The second-order valence-corrected chi connectivity index (χ2v) is 11.9. The second kappa shape index (κ2) is 19.2. The summed E-state index contributed by atoms with van der Waals surface area (Å²) in [7, 11) is 0. The highest BCUT2D eigenvalue weighted by Crippen LogP contribution is 2.31. The number of aliphatic hydroxyl groups is 8.